The van der Waals surface area contributed by atoms with E-state index in [1.54, 1.807) is 0 Å². The van der Waals surface area contributed by atoms with E-state index < -0.39 is 7.92 Å². The zero-order valence-electron chi connectivity index (χ0n) is 29.9. The number of benzene rings is 5. The van der Waals surface area contributed by atoms with Gasteiger partial charge in [-0.05, 0) is 83.8 Å². The molecule has 5 heterocycles. The van der Waals surface area contributed by atoms with Gasteiger partial charge in [0.15, 0.2) is 0 Å². The molecule has 0 atom stereocenters. The Balaban J connectivity index is 1.40. The van der Waals surface area contributed by atoms with E-state index in [1.165, 1.54) is 15.9 Å². The highest BCUT2D eigenvalue weighted by Crippen LogP contribution is 2.39. The van der Waals surface area contributed by atoms with Gasteiger partial charge in [-0.3, -0.25) is 0 Å². The molecule has 0 amide bonds. The maximum atomic E-state index is 5.56. The topological polar surface area (TPSA) is 57.4 Å². The van der Waals surface area contributed by atoms with E-state index in [4.69, 9.17) is 9.97 Å². The van der Waals surface area contributed by atoms with Crippen molar-refractivity contribution < 1.29 is 0 Å². The Morgan fingerprint density at radius 2 is 0.618 bits per heavy atom. The number of rotatable bonds is 6. The number of nitrogens with zero attached hydrogens (tertiary/aromatic N) is 2. The van der Waals surface area contributed by atoms with Crippen LogP contribution < -0.4 is 15.9 Å². The van der Waals surface area contributed by atoms with Gasteiger partial charge in [-0.2, -0.15) is 0 Å². The summed E-state index contributed by atoms with van der Waals surface area (Å²) in [5.74, 6) is 0. The molecular formula is C50H35N4P. The first-order valence-electron chi connectivity index (χ1n) is 18.5. The van der Waals surface area contributed by atoms with Crippen molar-refractivity contribution in [3.05, 3.63) is 199 Å². The van der Waals surface area contributed by atoms with Crippen molar-refractivity contribution in [1.82, 2.24) is 19.9 Å². The molecule has 8 aromatic rings. The van der Waals surface area contributed by atoms with Gasteiger partial charge in [-0.15, -0.1) is 0 Å². The average Bonchev–Trinajstić information content (AvgIpc) is 4.09. The van der Waals surface area contributed by atoms with Crippen molar-refractivity contribution in [2.45, 2.75) is 0 Å². The van der Waals surface area contributed by atoms with Crippen molar-refractivity contribution in [3.63, 3.8) is 0 Å². The fourth-order valence-corrected chi connectivity index (χ4v) is 10.2. The quantitative estimate of drug-likeness (QED) is 0.168. The molecule has 0 spiro atoms. The van der Waals surface area contributed by atoms with E-state index in [0.717, 1.165) is 78.2 Å². The third kappa shape index (κ3) is 6.13. The molecular weight excluding hydrogens is 688 g/mol. The van der Waals surface area contributed by atoms with Gasteiger partial charge in [0.05, 0.1) is 22.8 Å². The van der Waals surface area contributed by atoms with Crippen molar-refractivity contribution in [2.24, 2.45) is 0 Å². The Morgan fingerprint density at radius 1 is 0.309 bits per heavy atom. The van der Waals surface area contributed by atoms with Crippen molar-refractivity contribution in [1.29, 1.82) is 0 Å². The summed E-state index contributed by atoms with van der Waals surface area (Å²) in [5.41, 5.74) is 14.1. The molecule has 0 saturated heterocycles. The zero-order chi connectivity index (χ0) is 36.6. The first-order chi connectivity index (χ1) is 27.3. The third-order valence-corrected chi connectivity index (χ3v) is 12.7. The van der Waals surface area contributed by atoms with Crippen LogP contribution in [0.15, 0.2) is 176 Å². The molecule has 260 valence electrons. The second-order valence-electron chi connectivity index (χ2n) is 13.6. The van der Waals surface area contributed by atoms with E-state index in [-0.39, 0.29) is 0 Å². The summed E-state index contributed by atoms with van der Waals surface area (Å²) in [4.78, 5) is 18.8. The monoisotopic (exact) mass is 722 g/mol. The molecule has 4 nitrogen and oxygen atoms in total. The smallest absolute Gasteiger partial charge is 0.0742 e. The highest BCUT2D eigenvalue weighted by molar-refractivity contribution is 7.80. The number of nitrogens with one attached hydrogen (secondary N) is 2. The number of H-pyrrole nitrogens is 2. The summed E-state index contributed by atoms with van der Waals surface area (Å²) in [6.45, 7) is 0. The summed E-state index contributed by atoms with van der Waals surface area (Å²) >= 11 is 0. The third-order valence-electron chi connectivity index (χ3n) is 10.2. The highest BCUT2D eigenvalue weighted by Gasteiger charge is 2.24. The number of aromatic nitrogens is 4. The molecule has 2 N–H and O–H groups in total. The van der Waals surface area contributed by atoms with Crippen LogP contribution >= 0.6 is 7.92 Å². The van der Waals surface area contributed by atoms with Crippen LogP contribution in [0.25, 0.3) is 79.8 Å². The molecule has 0 unspecified atom stereocenters. The summed E-state index contributed by atoms with van der Waals surface area (Å²) in [6, 6.07) is 62.2. The summed E-state index contributed by atoms with van der Waals surface area (Å²) < 4.78 is 0. The van der Waals surface area contributed by atoms with Crippen LogP contribution in [-0.4, -0.2) is 19.9 Å². The molecule has 0 radical (unpaired) electrons. The number of hydrogen-bond donors (Lipinski definition) is 2. The first kappa shape index (κ1) is 32.8. The molecule has 8 bridgehead atoms. The highest BCUT2D eigenvalue weighted by atomic mass is 31.1. The second kappa shape index (κ2) is 14.2. The molecule has 0 aliphatic carbocycles. The molecule has 2 aliphatic heterocycles. The van der Waals surface area contributed by atoms with E-state index in [0.29, 0.717) is 0 Å². The predicted molar refractivity (Wildman–Crippen MR) is 234 cm³/mol. The predicted octanol–water partition coefficient (Wildman–Crippen LogP) is 11.4. The molecule has 0 fully saturated rings. The van der Waals surface area contributed by atoms with Crippen molar-refractivity contribution >= 4 is 70.2 Å². The summed E-state index contributed by atoms with van der Waals surface area (Å²) in [7, 11) is -1.03. The Hall–Kier alpha value is -6.87. The molecule has 0 saturated carbocycles. The number of fused-ring (bicyclic) bond motifs is 8. The van der Waals surface area contributed by atoms with E-state index in [1.807, 2.05) is 0 Å². The minimum atomic E-state index is -1.03. The Labute approximate surface area is 321 Å². The maximum absolute atomic E-state index is 5.56. The van der Waals surface area contributed by atoms with Gasteiger partial charge in [-0.1, -0.05) is 152 Å². The van der Waals surface area contributed by atoms with Crippen molar-refractivity contribution in [2.75, 3.05) is 0 Å². The second-order valence-corrected chi connectivity index (χ2v) is 15.7. The van der Waals surface area contributed by atoms with Gasteiger partial charge < -0.3 is 9.97 Å². The van der Waals surface area contributed by atoms with Crippen LogP contribution in [-0.2, 0) is 0 Å². The van der Waals surface area contributed by atoms with Gasteiger partial charge in [0.25, 0.3) is 0 Å². The fraction of sp³-hybridized carbons (Fsp3) is 0. The van der Waals surface area contributed by atoms with Gasteiger partial charge in [-0.25, -0.2) is 9.97 Å². The van der Waals surface area contributed by atoms with Gasteiger partial charge >= 0.3 is 0 Å². The van der Waals surface area contributed by atoms with Crippen LogP contribution in [0.5, 0.6) is 0 Å². The number of aromatic amines is 2. The fourth-order valence-electron chi connectivity index (χ4n) is 7.71. The molecule has 2 aliphatic rings. The van der Waals surface area contributed by atoms with Crippen LogP contribution in [0.2, 0.25) is 0 Å². The van der Waals surface area contributed by atoms with Crippen molar-refractivity contribution in [3.8, 4) is 33.4 Å². The minimum absolute atomic E-state index is 0.904. The van der Waals surface area contributed by atoms with Gasteiger partial charge in [0.2, 0.25) is 0 Å². The lowest BCUT2D eigenvalue weighted by molar-refractivity contribution is 1.31. The van der Waals surface area contributed by atoms with Gasteiger partial charge in [0.1, 0.15) is 0 Å². The SMILES string of the molecule is C1=Cc2nc1c(-c1ccccc1)c1ccc([nH]1)c(-c1ccccc1)c1nc(c(P(c3ccccc3)c3ccccc3)c3ccc([nH]3)c2-c2ccccc2)C=C1. The molecule has 10 rings (SSSR count). The molecule has 3 aromatic heterocycles. The number of hydrogen-bond acceptors (Lipinski definition) is 2. The van der Waals surface area contributed by atoms with Gasteiger partial charge in [0, 0.05) is 44.1 Å². The largest absolute Gasteiger partial charge is 0.354 e. The van der Waals surface area contributed by atoms with E-state index >= 15 is 0 Å². The average molecular weight is 723 g/mol. The van der Waals surface area contributed by atoms with Crippen LogP contribution in [0.1, 0.15) is 22.8 Å². The maximum Gasteiger partial charge on any atom is 0.0742 e. The van der Waals surface area contributed by atoms with Crippen LogP contribution in [0.4, 0.5) is 0 Å². The standard InChI is InChI=1S/C50H35N4P/c1-6-16-34(17-7-1)47-39-26-28-41(51-39)48(35-18-8-2-9-19-35)43-30-32-45(53-43)50(55(37-22-12-4-13-23-37)38-24-14-5-15-25-38)46-33-31-44(54-46)49(36-20-10-3-11-21-36)42-29-27-40(47)52-42/h1-33,51,54H. The Bertz CT molecular complexity index is 2820. The molecule has 5 heteroatoms. The van der Waals surface area contributed by atoms with Crippen LogP contribution in [0, 0.1) is 0 Å². The van der Waals surface area contributed by atoms with E-state index in [2.05, 4.69) is 210 Å². The summed E-state index contributed by atoms with van der Waals surface area (Å²) in [6.07, 6.45) is 8.68. The first-order valence-corrected chi connectivity index (χ1v) is 19.9. The molecule has 55 heavy (non-hydrogen) atoms. The minimum Gasteiger partial charge on any atom is -0.354 e. The van der Waals surface area contributed by atoms with E-state index in [9.17, 15) is 0 Å². The normalized spacial score (nSPS) is 12.0. The Morgan fingerprint density at radius 3 is 1.02 bits per heavy atom. The van der Waals surface area contributed by atoms with Crippen LogP contribution in [0.3, 0.4) is 0 Å². The lowest BCUT2D eigenvalue weighted by Gasteiger charge is -2.20. The summed E-state index contributed by atoms with van der Waals surface area (Å²) in [5, 5.41) is 3.68. The molecule has 5 aromatic carbocycles. The lowest BCUT2D eigenvalue weighted by Crippen LogP contribution is -2.23. The zero-order valence-corrected chi connectivity index (χ0v) is 30.8. The Kier molecular flexibility index (Phi) is 8.44. The lowest BCUT2D eigenvalue weighted by atomic mass is 10.0.